The zero-order valence-corrected chi connectivity index (χ0v) is 15.1. The molecular weight excluding hydrogens is 348 g/mol. The lowest BCUT2D eigenvalue weighted by molar-refractivity contribution is -0.121. The zero-order valence-electron chi connectivity index (χ0n) is 12.7. The summed E-state index contributed by atoms with van der Waals surface area (Å²) in [5.74, 6) is 0.287. The van der Waals surface area contributed by atoms with Crippen LogP contribution in [0.5, 0.6) is 0 Å². The van der Waals surface area contributed by atoms with Crippen molar-refractivity contribution in [3.8, 4) is 0 Å². The normalized spacial score (nSPS) is 12.4. The van der Waals surface area contributed by atoms with Crippen LogP contribution in [0.15, 0.2) is 36.4 Å². The van der Waals surface area contributed by atoms with Crippen molar-refractivity contribution in [2.45, 2.75) is 25.7 Å². The van der Waals surface area contributed by atoms with Crippen LogP contribution in [0.2, 0.25) is 4.34 Å². The Labute approximate surface area is 148 Å². The van der Waals surface area contributed by atoms with Gasteiger partial charge in [-0.3, -0.25) is 4.79 Å². The van der Waals surface area contributed by atoms with Gasteiger partial charge >= 0.3 is 0 Å². The first-order valence-electron chi connectivity index (χ1n) is 7.48. The van der Waals surface area contributed by atoms with Gasteiger partial charge in [-0.15, -0.1) is 22.7 Å². The second-order valence-corrected chi connectivity index (χ2v) is 8.29. The summed E-state index contributed by atoms with van der Waals surface area (Å²) in [5, 5.41) is 4.07. The molecule has 0 bridgehead atoms. The zero-order chi connectivity index (χ0) is 16.2. The number of hydrogen-bond acceptors (Lipinski definition) is 4. The quantitative estimate of drug-likeness (QED) is 0.678. The number of aryl methyl sites for hydroxylation is 1. The Kier molecular flexibility index (Phi) is 5.30. The molecule has 3 nitrogen and oxygen atoms in total. The van der Waals surface area contributed by atoms with E-state index in [9.17, 15) is 4.79 Å². The van der Waals surface area contributed by atoms with Gasteiger partial charge in [0.2, 0.25) is 5.91 Å². The van der Waals surface area contributed by atoms with E-state index < -0.39 is 0 Å². The van der Waals surface area contributed by atoms with Gasteiger partial charge in [-0.25, -0.2) is 4.98 Å². The summed E-state index contributed by atoms with van der Waals surface area (Å²) in [6, 6.07) is 12.0. The molecule has 1 amide bonds. The Hall–Kier alpha value is -1.43. The first kappa shape index (κ1) is 16.4. The van der Waals surface area contributed by atoms with E-state index in [-0.39, 0.29) is 11.8 Å². The number of fused-ring (bicyclic) bond motifs is 1. The highest BCUT2D eigenvalue weighted by atomic mass is 35.5. The van der Waals surface area contributed by atoms with Crippen molar-refractivity contribution in [2.75, 3.05) is 6.54 Å². The summed E-state index contributed by atoms with van der Waals surface area (Å²) in [5.41, 5.74) is 1.03. The highest BCUT2D eigenvalue weighted by Crippen LogP contribution is 2.27. The van der Waals surface area contributed by atoms with Crippen LogP contribution in [0.25, 0.3) is 10.2 Å². The van der Waals surface area contributed by atoms with Crippen LogP contribution in [-0.2, 0) is 11.2 Å². The molecule has 3 aromatic rings. The molecular formula is C17H17ClN2OS2. The molecule has 1 aromatic carbocycles. The summed E-state index contributed by atoms with van der Waals surface area (Å²) in [6.45, 7) is 2.71. The lowest BCUT2D eigenvalue weighted by Crippen LogP contribution is -2.27. The van der Waals surface area contributed by atoms with Gasteiger partial charge < -0.3 is 5.32 Å². The number of carbonyl (C=O) groups excluding carboxylic acids is 1. The predicted molar refractivity (Wildman–Crippen MR) is 98.7 cm³/mol. The summed E-state index contributed by atoms with van der Waals surface area (Å²) in [4.78, 5) is 17.8. The van der Waals surface area contributed by atoms with Crippen molar-refractivity contribution in [1.82, 2.24) is 10.3 Å². The summed E-state index contributed by atoms with van der Waals surface area (Å²) < 4.78 is 1.96. The predicted octanol–water partition coefficient (Wildman–Crippen LogP) is 4.86. The molecule has 2 heterocycles. The third kappa shape index (κ3) is 4.31. The lowest BCUT2D eigenvalue weighted by Gasteiger charge is -2.09. The molecule has 0 aliphatic carbocycles. The van der Waals surface area contributed by atoms with E-state index in [1.54, 1.807) is 11.3 Å². The minimum Gasteiger partial charge on any atom is -0.355 e. The molecule has 0 saturated carbocycles. The van der Waals surface area contributed by atoms with Crippen LogP contribution in [0, 0.1) is 0 Å². The van der Waals surface area contributed by atoms with E-state index in [4.69, 9.17) is 11.6 Å². The number of nitrogens with one attached hydrogen (secondary N) is 1. The Bertz CT molecular complexity index is 779. The summed E-state index contributed by atoms with van der Waals surface area (Å²) >= 11 is 9.12. The number of hydrogen-bond donors (Lipinski definition) is 1. The number of thiazole rings is 1. The van der Waals surface area contributed by atoms with E-state index >= 15 is 0 Å². The lowest BCUT2D eigenvalue weighted by atomic mass is 10.2. The van der Waals surface area contributed by atoms with Crippen LogP contribution >= 0.6 is 34.3 Å². The largest absolute Gasteiger partial charge is 0.355 e. The third-order valence-corrected chi connectivity index (χ3v) is 6.12. The van der Waals surface area contributed by atoms with E-state index in [0.717, 1.165) is 26.2 Å². The van der Waals surface area contributed by atoms with Crippen molar-refractivity contribution in [3.63, 3.8) is 0 Å². The Balaban J connectivity index is 1.49. The van der Waals surface area contributed by atoms with Crippen molar-refractivity contribution >= 4 is 50.4 Å². The smallest absolute Gasteiger partial charge is 0.220 e. The fourth-order valence-corrected chi connectivity index (χ4v) is 4.37. The standard InChI is InChI=1S/C17H17ClN2OS2/c1-11(17-20-13-4-2-3-5-14(13)23-17)10-19-16(21)9-7-12-6-8-15(18)22-12/h2-6,8,11H,7,9-10H2,1H3,(H,19,21). The average molecular weight is 365 g/mol. The monoisotopic (exact) mass is 364 g/mol. The van der Waals surface area contributed by atoms with Gasteiger partial charge in [0.05, 0.1) is 19.6 Å². The molecule has 0 radical (unpaired) electrons. The second-order valence-electron chi connectivity index (χ2n) is 5.43. The number of benzene rings is 1. The maximum atomic E-state index is 12.0. The highest BCUT2D eigenvalue weighted by Gasteiger charge is 2.13. The molecule has 23 heavy (non-hydrogen) atoms. The molecule has 0 spiro atoms. The molecule has 1 N–H and O–H groups in total. The van der Waals surface area contributed by atoms with Crippen molar-refractivity contribution in [2.24, 2.45) is 0 Å². The fourth-order valence-electron chi connectivity index (χ4n) is 2.27. The van der Waals surface area contributed by atoms with Crippen LogP contribution in [0.1, 0.15) is 29.1 Å². The van der Waals surface area contributed by atoms with Gasteiger partial charge in [0.15, 0.2) is 0 Å². The number of aromatic nitrogens is 1. The SMILES string of the molecule is CC(CNC(=O)CCc1ccc(Cl)s1)c1nc2ccccc2s1. The number of carbonyl (C=O) groups is 1. The van der Waals surface area contributed by atoms with Crippen molar-refractivity contribution in [3.05, 3.63) is 50.6 Å². The number of para-hydroxylation sites is 1. The average Bonchev–Trinajstić information content (AvgIpc) is 3.16. The Morgan fingerprint density at radius 2 is 2.09 bits per heavy atom. The molecule has 0 fully saturated rings. The van der Waals surface area contributed by atoms with Crippen molar-refractivity contribution < 1.29 is 4.79 Å². The summed E-state index contributed by atoms with van der Waals surface area (Å²) in [7, 11) is 0. The number of halogens is 1. The van der Waals surface area contributed by atoms with Gasteiger partial charge in [-0.05, 0) is 30.7 Å². The first-order chi connectivity index (χ1) is 11.1. The molecule has 3 rings (SSSR count). The topological polar surface area (TPSA) is 42.0 Å². The minimum atomic E-state index is 0.0717. The Morgan fingerprint density at radius 3 is 2.83 bits per heavy atom. The van der Waals surface area contributed by atoms with Gasteiger partial charge in [-0.2, -0.15) is 0 Å². The van der Waals surface area contributed by atoms with Crippen LogP contribution < -0.4 is 5.32 Å². The fraction of sp³-hybridized carbons (Fsp3) is 0.294. The number of thiophene rings is 1. The number of amides is 1. The van der Waals surface area contributed by atoms with Crippen LogP contribution in [-0.4, -0.2) is 17.4 Å². The summed E-state index contributed by atoms with van der Waals surface area (Å²) in [6.07, 6.45) is 1.22. The van der Waals surface area contributed by atoms with Gasteiger partial charge in [0.1, 0.15) is 0 Å². The molecule has 0 saturated heterocycles. The van der Waals surface area contributed by atoms with Crippen molar-refractivity contribution in [1.29, 1.82) is 0 Å². The number of nitrogens with zero attached hydrogens (tertiary/aromatic N) is 1. The van der Waals surface area contributed by atoms with Gasteiger partial charge in [-0.1, -0.05) is 30.7 Å². The molecule has 0 aliphatic heterocycles. The van der Waals surface area contributed by atoms with Crippen LogP contribution in [0.4, 0.5) is 0 Å². The maximum absolute atomic E-state index is 12.0. The first-order valence-corrected chi connectivity index (χ1v) is 9.49. The van der Waals surface area contributed by atoms with E-state index in [0.29, 0.717) is 13.0 Å². The van der Waals surface area contributed by atoms with Crippen LogP contribution in [0.3, 0.4) is 0 Å². The molecule has 0 aliphatic rings. The third-order valence-electron chi connectivity index (χ3n) is 3.56. The second kappa shape index (κ2) is 7.43. The number of rotatable bonds is 6. The van der Waals surface area contributed by atoms with Gasteiger partial charge in [0, 0.05) is 23.8 Å². The maximum Gasteiger partial charge on any atom is 0.220 e. The van der Waals surface area contributed by atoms with Gasteiger partial charge in [0.25, 0.3) is 0 Å². The van der Waals surface area contributed by atoms with E-state index in [1.165, 1.54) is 16.0 Å². The van der Waals surface area contributed by atoms with E-state index in [2.05, 4.69) is 23.3 Å². The molecule has 120 valence electrons. The minimum absolute atomic E-state index is 0.0717. The molecule has 1 unspecified atom stereocenters. The highest BCUT2D eigenvalue weighted by molar-refractivity contribution is 7.18. The Morgan fingerprint density at radius 1 is 1.26 bits per heavy atom. The molecule has 6 heteroatoms. The van der Waals surface area contributed by atoms with E-state index in [1.807, 2.05) is 30.3 Å². The molecule has 2 aromatic heterocycles. The molecule has 1 atom stereocenters.